The molecule has 1 atom stereocenters. The third-order valence-electron chi connectivity index (χ3n) is 3.81. The van der Waals surface area contributed by atoms with Crippen LogP contribution in [0.15, 0.2) is 59.1 Å². The molecule has 0 unspecified atom stereocenters. The molecule has 0 bridgehead atoms. The zero-order chi connectivity index (χ0) is 17.6. The van der Waals surface area contributed by atoms with Crippen LogP contribution in [0.25, 0.3) is 11.4 Å². The molecule has 0 saturated heterocycles. The van der Waals surface area contributed by atoms with Gasteiger partial charge in [0.1, 0.15) is 0 Å². The van der Waals surface area contributed by atoms with E-state index in [-0.39, 0.29) is 18.4 Å². The average Bonchev–Trinajstić information content (AvgIpc) is 3.10. The number of halogens is 1. The molecule has 5 nitrogen and oxygen atoms in total. The first kappa shape index (κ1) is 17.2. The smallest absolute Gasteiger partial charge is 0.227 e. The van der Waals surface area contributed by atoms with Crippen molar-refractivity contribution in [1.29, 1.82) is 0 Å². The molecule has 1 heterocycles. The second kappa shape index (κ2) is 7.94. The second-order valence-corrected chi connectivity index (χ2v) is 6.15. The first-order chi connectivity index (χ1) is 12.1. The van der Waals surface area contributed by atoms with Gasteiger partial charge in [0.15, 0.2) is 0 Å². The minimum atomic E-state index is -0.0904. The maximum atomic E-state index is 12.1. The summed E-state index contributed by atoms with van der Waals surface area (Å²) in [5.74, 6) is 0.917. The molecule has 0 saturated carbocycles. The molecule has 128 valence electrons. The number of nitrogens with zero attached hydrogens (tertiary/aromatic N) is 2. The number of aryl methyl sites for hydroxylation is 1. The molecule has 1 aromatic heterocycles. The van der Waals surface area contributed by atoms with E-state index in [0.717, 1.165) is 11.1 Å². The minimum Gasteiger partial charge on any atom is -0.350 e. The SMILES string of the molecule is C[C@H](NC(=O)CCc1nc(-c2ccccc2)no1)c1ccc(Cl)cc1. The van der Waals surface area contributed by atoms with Gasteiger partial charge in [0.2, 0.25) is 17.6 Å². The molecule has 3 aromatic rings. The zero-order valence-corrected chi connectivity index (χ0v) is 14.5. The van der Waals surface area contributed by atoms with E-state index in [2.05, 4.69) is 15.5 Å². The summed E-state index contributed by atoms with van der Waals surface area (Å²) in [6.07, 6.45) is 0.688. The molecular weight excluding hydrogens is 338 g/mol. The molecule has 0 radical (unpaired) electrons. The van der Waals surface area contributed by atoms with Crippen molar-refractivity contribution >= 4 is 17.5 Å². The number of carbonyl (C=O) groups excluding carboxylic acids is 1. The Balaban J connectivity index is 1.52. The van der Waals surface area contributed by atoms with Crippen LogP contribution >= 0.6 is 11.6 Å². The zero-order valence-electron chi connectivity index (χ0n) is 13.8. The maximum Gasteiger partial charge on any atom is 0.227 e. The minimum absolute atomic E-state index is 0.0677. The summed E-state index contributed by atoms with van der Waals surface area (Å²) in [6.45, 7) is 1.93. The van der Waals surface area contributed by atoms with Crippen molar-refractivity contribution in [3.63, 3.8) is 0 Å². The molecular formula is C19H18ClN3O2. The monoisotopic (exact) mass is 355 g/mol. The molecule has 25 heavy (non-hydrogen) atoms. The van der Waals surface area contributed by atoms with Crippen molar-refractivity contribution in [2.24, 2.45) is 0 Å². The molecule has 0 aliphatic rings. The summed E-state index contributed by atoms with van der Waals surface area (Å²) in [5, 5.41) is 7.58. The Morgan fingerprint density at radius 1 is 1.16 bits per heavy atom. The van der Waals surface area contributed by atoms with Crippen LogP contribution in [0.5, 0.6) is 0 Å². The highest BCUT2D eigenvalue weighted by Crippen LogP contribution is 2.17. The Morgan fingerprint density at radius 3 is 2.60 bits per heavy atom. The first-order valence-corrected chi connectivity index (χ1v) is 8.42. The summed E-state index contributed by atoms with van der Waals surface area (Å²) in [6, 6.07) is 16.9. The Bertz CT molecular complexity index is 831. The van der Waals surface area contributed by atoms with Gasteiger partial charge >= 0.3 is 0 Å². The number of benzene rings is 2. The van der Waals surface area contributed by atoms with Crippen molar-refractivity contribution in [3.05, 3.63) is 71.1 Å². The number of nitrogens with one attached hydrogen (secondary N) is 1. The summed E-state index contributed by atoms with van der Waals surface area (Å²) >= 11 is 5.88. The fourth-order valence-corrected chi connectivity index (χ4v) is 2.56. The van der Waals surface area contributed by atoms with Gasteiger partial charge in [-0.15, -0.1) is 0 Å². The van der Waals surface area contributed by atoms with Gasteiger partial charge in [0.25, 0.3) is 0 Å². The molecule has 2 aromatic carbocycles. The van der Waals surface area contributed by atoms with Crippen LogP contribution < -0.4 is 5.32 Å². The van der Waals surface area contributed by atoms with Crippen LogP contribution in [-0.4, -0.2) is 16.0 Å². The number of hydrogen-bond donors (Lipinski definition) is 1. The third-order valence-corrected chi connectivity index (χ3v) is 4.07. The van der Waals surface area contributed by atoms with Crippen molar-refractivity contribution in [2.75, 3.05) is 0 Å². The standard InChI is InChI=1S/C19H18ClN3O2/c1-13(14-7-9-16(20)10-8-14)21-17(24)11-12-18-22-19(23-25-18)15-5-3-2-4-6-15/h2-10,13H,11-12H2,1H3,(H,21,24)/t13-/m0/s1. The summed E-state index contributed by atoms with van der Waals surface area (Å²) in [7, 11) is 0. The topological polar surface area (TPSA) is 68.0 Å². The predicted molar refractivity (Wildman–Crippen MR) is 96.1 cm³/mol. The number of carbonyl (C=O) groups is 1. The molecule has 6 heteroatoms. The second-order valence-electron chi connectivity index (χ2n) is 5.72. The predicted octanol–water partition coefficient (Wildman–Crippen LogP) is 4.20. The number of aromatic nitrogens is 2. The normalized spacial score (nSPS) is 11.9. The summed E-state index contributed by atoms with van der Waals surface area (Å²) < 4.78 is 5.22. The lowest BCUT2D eigenvalue weighted by Crippen LogP contribution is -2.26. The molecule has 3 rings (SSSR count). The molecule has 0 fully saturated rings. The Labute approximate surface area is 151 Å². The summed E-state index contributed by atoms with van der Waals surface area (Å²) in [4.78, 5) is 16.4. The Kier molecular flexibility index (Phi) is 5.46. The van der Waals surface area contributed by atoms with Gasteiger partial charge in [-0.25, -0.2) is 0 Å². The lowest BCUT2D eigenvalue weighted by atomic mass is 10.1. The molecule has 0 aliphatic heterocycles. The van der Waals surface area contributed by atoms with Crippen LogP contribution in [0.2, 0.25) is 5.02 Å². The molecule has 0 spiro atoms. The molecule has 1 N–H and O–H groups in total. The van der Waals surface area contributed by atoms with E-state index in [1.165, 1.54) is 0 Å². The van der Waals surface area contributed by atoms with E-state index in [1.54, 1.807) is 0 Å². The highest BCUT2D eigenvalue weighted by atomic mass is 35.5. The number of amides is 1. The van der Waals surface area contributed by atoms with Gasteiger partial charge in [-0.05, 0) is 24.6 Å². The molecule has 1 amide bonds. The van der Waals surface area contributed by atoms with Crippen molar-refractivity contribution < 1.29 is 9.32 Å². The van der Waals surface area contributed by atoms with Gasteiger partial charge in [-0.2, -0.15) is 4.98 Å². The van der Waals surface area contributed by atoms with Crippen molar-refractivity contribution in [3.8, 4) is 11.4 Å². The van der Waals surface area contributed by atoms with Gasteiger partial charge < -0.3 is 9.84 Å². The highest BCUT2D eigenvalue weighted by molar-refractivity contribution is 6.30. The fraction of sp³-hybridized carbons (Fsp3) is 0.211. The van der Waals surface area contributed by atoms with Gasteiger partial charge in [-0.3, -0.25) is 4.79 Å². The van der Waals surface area contributed by atoms with Gasteiger partial charge in [0, 0.05) is 23.4 Å². The first-order valence-electron chi connectivity index (χ1n) is 8.04. The van der Waals surface area contributed by atoms with Crippen molar-refractivity contribution in [2.45, 2.75) is 25.8 Å². The Hall–Kier alpha value is -2.66. The quantitative estimate of drug-likeness (QED) is 0.719. The van der Waals surface area contributed by atoms with Crippen LogP contribution in [0.4, 0.5) is 0 Å². The van der Waals surface area contributed by atoms with Gasteiger partial charge in [-0.1, -0.05) is 59.2 Å². The number of hydrogen-bond acceptors (Lipinski definition) is 4. The lowest BCUT2D eigenvalue weighted by Gasteiger charge is -2.14. The van der Waals surface area contributed by atoms with E-state index < -0.39 is 0 Å². The summed E-state index contributed by atoms with van der Waals surface area (Å²) in [5.41, 5.74) is 1.89. The van der Waals surface area contributed by atoms with E-state index in [0.29, 0.717) is 23.2 Å². The Morgan fingerprint density at radius 2 is 1.88 bits per heavy atom. The van der Waals surface area contributed by atoms with Crippen LogP contribution in [0.3, 0.4) is 0 Å². The van der Waals surface area contributed by atoms with Crippen LogP contribution in [0.1, 0.15) is 30.8 Å². The molecule has 0 aliphatic carbocycles. The highest BCUT2D eigenvalue weighted by Gasteiger charge is 2.13. The largest absolute Gasteiger partial charge is 0.350 e. The van der Waals surface area contributed by atoms with Crippen molar-refractivity contribution in [1.82, 2.24) is 15.5 Å². The van der Waals surface area contributed by atoms with Crippen LogP contribution in [0, 0.1) is 0 Å². The average molecular weight is 356 g/mol. The van der Waals surface area contributed by atoms with E-state index in [9.17, 15) is 4.79 Å². The van der Waals surface area contributed by atoms with E-state index in [1.807, 2.05) is 61.5 Å². The fourth-order valence-electron chi connectivity index (χ4n) is 2.43. The third kappa shape index (κ3) is 4.67. The van der Waals surface area contributed by atoms with E-state index >= 15 is 0 Å². The lowest BCUT2D eigenvalue weighted by molar-refractivity contribution is -0.121. The van der Waals surface area contributed by atoms with Gasteiger partial charge in [0.05, 0.1) is 6.04 Å². The van der Waals surface area contributed by atoms with E-state index in [4.69, 9.17) is 16.1 Å². The van der Waals surface area contributed by atoms with Crippen LogP contribution in [-0.2, 0) is 11.2 Å². The maximum absolute atomic E-state index is 12.1. The number of rotatable bonds is 6.